The molecular weight excluding hydrogens is 288 g/mol. The minimum atomic E-state index is -0.106. The molecular formula is C18H16N4O. The van der Waals surface area contributed by atoms with Gasteiger partial charge in [0.2, 0.25) is 0 Å². The van der Waals surface area contributed by atoms with Crippen molar-refractivity contribution >= 4 is 28.2 Å². The molecule has 1 aliphatic carbocycles. The van der Waals surface area contributed by atoms with Crippen LogP contribution in [0.3, 0.4) is 0 Å². The summed E-state index contributed by atoms with van der Waals surface area (Å²) in [5, 5.41) is 7.32. The summed E-state index contributed by atoms with van der Waals surface area (Å²) in [6, 6.07) is 13.9. The number of pyridine rings is 2. The van der Waals surface area contributed by atoms with E-state index in [0.717, 1.165) is 35.1 Å². The number of fused-ring (bicyclic) bond motifs is 1. The van der Waals surface area contributed by atoms with Crippen molar-refractivity contribution in [3.63, 3.8) is 0 Å². The first-order valence-electron chi connectivity index (χ1n) is 7.67. The third-order valence-electron chi connectivity index (χ3n) is 3.82. The van der Waals surface area contributed by atoms with Gasteiger partial charge in [0.05, 0.1) is 23.1 Å². The van der Waals surface area contributed by atoms with Gasteiger partial charge in [0.1, 0.15) is 5.69 Å². The number of hydrogen-bond acceptors (Lipinski definition) is 4. The van der Waals surface area contributed by atoms with Crippen LogP contribution in [0.15, 0.2) is 54.9 Å². The van der Waals surface area contributed by atoms with Crippen molar-refractivity contribution < 1.29 is 4.79 Å². The maximum Gasteiger partial charge on any atom is 0.270 e. The number of hydrogen-bond donors (Lipinski definition) is 2. The van der Waals surface area contributed by atoms with Gasteiger partial charge < -0.3 is 10.6 Å². The Morgan fingerprint density at radius 3 is 2.70 bits per heavy atom. The lowest BCUT2D eigenvalue weighted by Gasteiger charge is -2.09. The number of benzene rings is 1. The van der Waals surface area contributed by atoms with Gasteiger partial charge in [-0.2, -0.15) is 0 Å². The largest absolute Gasteiger partial charge is 0.352 e. The SMILES string of the molecule is O=C(NC1CC1)c1ccc(Nc2cccc3cccnc23)cn1. The van der Waals surface area contributed by atoms with Crippen LogP contribution in [-0.4, -0.2) is 21.9 Å². The van der Waals surface area contributed by atoms with Gasteiger partial charge in [0.15, 0.2) is 0 Å². The van der Waals surface area contributed by atoms with E-state index in [4.69, 9.17) is 0 Å². The summed E-state index contributed by atoms with van der Waals surface area (Å²) in [6.45, 7) is 0. The Bertz CT molecular complexity index is 851. The third kappa shape index (κ3) is 2.99. The summed E-state index contributed by atoms with van der Waals surface area (Å²) in [5.74, 6) is -0.106. The van der Waals surface area contributed by atoms with Gasteiger partial charge in [-0.1, -0.05) is 18.2 Å². The molecule has 2 heterocycles. The van der Waals surface area contributed by atoms with Gasteiger partial charge in [-0.15, -0.1) is 0 Å². The fourth-order valence-electron chi connectivity index (χ4n) is 2.45. The van der Waals surface area contributed by atoms with Crippen LogP contribution in [0.4, 0.5) is 11.4 Å². The van der Waals surface area contributed by atoms with Gasteiger partial charge in [0.25, 0.3) is 5.91 Å². The lowest BCUT2D eigenvalue weighted by Crippen LogP contribution is -2.26. The summed E-state index contributed by atoms with van der Waals surface area (Å²) in [4.78, 5) is 20.6. The van der Waals surface area contributed by atoms with Crippen molar-refractivity contribution in [3.8, 4) is 0 Å². The zero-order valence-corrected chi connectivity index (χ0v) is 12.5. The highest BCUT2D eigenvalue weighted by Crippen LogP contribution is 2.24. The molecule has 2 aromatic heterocycles. The molecule has 0 radical (unpaired) electrons. The second kappa shape index (κ2) is 5.68. The zero-order valence-electron chi connectivity index (χ0n) is 12.5. The number of aromatic nitrogens is 2. The smallest absolute Gasteiger partial charge is 0.270 e. The fourth-order valence-corrected chi connectivity index (χ4v) is 2.45. The summed E-state index contributed by atoms with van der Waals surface area (Å²) >= 11 is 0. The number of anilines is 2. The number of carbonyl (C=O) groups excluding carboxylic acids is 1. The fraction of sp³-hybridized carbons (Fsp3) is 0.167. The van der Waals surface area contributed by atoms with Crippen LogP contribution in [0.5, 0.6) is 0 Å². The summed E-state index contributed by atoms with van der Waals surface area (Å²) in [5.41, 5.74) is 3.09. The standard InChI is InChI=1S/C18H16N4O/c23-18(22-13-6-7-13)16-9-8-14(11-20-16)21-15-5-1-3-12-4-2-10-19-17(12)15/h1-5,8-11,13,21H,6-7H2,(H,22,23). The summed E-state index contributed by atoms with van der Waals surface area (Å²) < 4.78 is 0. The molecule has 2 N–H and O–H groups in total. The molecule has 3 aromatic rings. The van der Waals surface area contributed by atoms with Gasteiger partial charge in [-0.05, 0) is 37.1 Å². The number of amides is 1. The maximum absolute atomic E-state index is 11.9. The molecule has 1 saturated carbocycles. The van der Waals surface area contributed by atoms with Crippen molar-refractivity contribution in [2.24, 2.45) is 0 Å². The Morgan fingerprint density at radius 2 is 1.91 bits per heavy atom. The first kappa shape index (κ1) is 13.7. The minimum absolute atomic E-state index is 0.106. The average Bonchev–Trinajstić information content (AvgIpc) is 3.40. The molecule has 0 bridgehead atoms. The molecule has 1 aromatic carbocycles. The first-order chi connectivity index (χ1) is 11.3. The Morgan fingerprint density at radius 1 is 1.04 bits per heavy atom. The topological polar surface area (TPSA) is 66.9 Å². The molecule has 0 atom stereocenters. The van der Waals surface area contributed by atoms with Crippen molar-refractivity contribution in [3.05, 3.63) is 60.6 Å². The lowest BCUT2D eigenvalue weighted by molar-refractivity contribution is 0.0946. The Hall–Kier alpha value is -2.95. The normalized spacial score (nSPS) is 13.7. The molecule has 1 amide bonds. The van der Waals surface area contributed by atoms with Crippen LogP contribution in [-0.2, 0) is 0 Å². The van der Waals surface area contributed by atoms with E-state index in [1.807, 2.05) is 36.4 Å². The second-order valence-electron chi connectivity index (χ2n) is 5.69. The van der Waals surface area contributed by atoms with Crippen molar-refractivity contribution in [1.29, 1.82) is 0 Å². The van der Waals surface area contributed by atoms with Crippen molar-refractivity contribution in [2.75, 3.05) is 5.32 Å². The summed E-state index contributed by atoms with van der Waals surface area (Å²) in [6.07, 6.45) is 5.58. The average molecular weight is 304 g/mol. The molecule has 23 heavy (non-hydrogen) atoms. The number of rotatable bonds is 4. The van der Waals surface area contributed by atoms with Crippen molar-refractivity contribution in [2.45, 2.75) is 18.9 Å². The molecule has 4 rings (SSSR count). The quantitative estimate of drug-likeness (QED) is 0.776. The van der Waals surface area contributed by atoms with E-state index in [1.54, 1.807) is 18.5 Å². The molecule has 0 aliphatic heterocycles. The van der Waals surface area contributed by atoms with E-state index in [2.05, 4.69) is 20.6 Å². The van der Waals surface area contributed by atoms with Gasteiger partial charge in [-0.3, -0.25) is 9.78 Å². The van der Waals surface area contributed by atoms with Crippen LogP contribution < -0.4 is 10.6 Å². The molecule has 0 unspecified atom stereocenters. The van der Waals surface area contributed by atoms with E-state index in [0.29, 0.717) is 11.7 Å². The Labute approximate surface area is 133 Å². The van der Waals surface area contributed by atoms with Gasteiger partial charge >= 0.3 is 0 Å². The first-order valence-corrected chi connectivity index (χ1v) is 7.67. The molecule has 1 aliphatic rings. The van der Waals surface area contributed by atoms with Crippen LogP contribution in [0.2, 0.25) is 0 Å². The number of nitrogens with one attached hydrogen (secondary N) is 2. The van der Waals surface area contributed by atoms with Crippen LogP contribution in [0, 0.1) is 0 Å². The maximum atomic E-state index is 11.9. The zero-order chi connectivity index (χ0) is 15.6. The molecule has 1 fully saturated rings. The van der Waals surface area contributed by atoms with Crippen LogP contribution in [0.1, 0.15) is 23.3 Å². The molecule has 5 heteroatoms. The van der Waals surface area contributed by atoms with E-state index in [9.17, 15) is 4.79 Å². The predicted octanol–water partition coefficient (Wildman–Crippen LogP) is 3.27. The Balaban J connectivity index is 1.55. The highest BCUT2D eigenvalue weighted by Gasteiger charge is 2.24. The van der Waals surface area contributed by atoms with Crippen molar-refractivity contribution in [1.82, 2.24) is 15.3 Å². The van der Waals surface area contributed by atoms with Crippen LogP contribution in [0.25, 0.3) is 10.9 Å². The highest BCUT2D eigenvalue weighted by molar-refractivity contribution is 5.94. The second-order valence-corrected chi connectivity index (χ2v) is 5.69. The predicted molar refractivity (Wildman–Crippen MR) is 89.8 cm³/mol. The van der Waals surface area contributed by atoms with E-state index in [-0.39, 0.29) is 5.91 Å². The monoisotopic (exact) mass is 304 g/mol. The van der Waals surface area contributed by atoms with E-state index >= 15 is 0 Å². The molecule has 5 nitrogen and oxygen atoms in total. The van der Waals surface area contributed by atoms with Gasteiger partial charge in [-0.25, -0.2) is 4.98 Å². The molecule has 0 saturated heterocycles. The molecule has 114 valence electrons. The third-order valence-corrected chi connectivity index (χ3v) is 3.82. The minimum Gasteiger partial charge on any atom is -0.352 e. The Kier molecular flexibility index (Phi) is 3.38. The van der Waals surface area contributed by atoms with Gasteiger partial charge in [0, 0.05) is 17.6 Å². The van der Waals surface area contributed by atoms with Crippen LogP contribution >= 0.6 is 0 Å². The number of carbonyl (C=O) groups is 1. The number of nitrogens with zero attached hydrogens (tertiary/aromatic N) is 2. The van der Waals surface area contributed by atoms with E-state index in [1.165, 1.54) is 0 Å². The summed E-state index contributed by atoms with van der Waals surface area (Å²) in [7, 11) is 0. The molecule has 0 spiro atoms. The lowest BCUT2D eigenvalue weighted by atomic mass is 10.2. The highest BCUT2D eigenvalue weighted by atomic mass is 16.2. The van der Waals surface area contributed by atoms with E-state index < -0.39 is 0 Å². The number of para-hydroxylation sites is 1.